The lowest BCUT2D eigenvalue weighted by molar-refractivity contribution is -0.148. The van der Waals surface area contributed by atoms with Crippen molar-refractivity contribution in [1.29, 1.82) is 0 Å². The number of methoxy groups -OCH3 is 2. The van der Waals surface area contributed by atoms with E-state index in [2.05, 4.69) is 20.4 Å². The van der Waals surface area contributed by atoms with E-state index in [9.17, 15) is 14.4 Å². The summed E-state index contributed by atoms with van der Waals surface area (Å²) in [7, 11) is 3.25. The summed E-state index contributed by atoms with van der Waals surface area (Å²) < 4.78 is 33.8. The van der Waals surface area contributed by atoms with Gasteiger partial charge in [0.05, 0.1) is 25.7 Å². The quantitative estimate of drug-likeness (QED) is 0.125. The number of piperidine rings is 1. The highest BCUT2D eigenvalue weighted by atomic mass is 16.7. The minimum absolute atomic E-state index is 0.0198. The minimum Gasteiger partial charge on any atom is -0.493 e. The molecule has 1 unspecified atom stereocenters. The molecule has 1 saturated heterocycles. The molecule has 1 heterocycles. The van der Waals surface area contributed by atoms with E-state index in [1.807, 2.05) is 18.2 Å². The van der Waals surface area contributed by atoms with E-state index < -0.39 is 47.4 Å². The molecule has 254 valence electrons. The molecule has 0 radical (unpaired) electrons. The van der Waals surface area contributed by atoms with Crippen LogP contribution in [0.15, 0.2) is 30.4 Å². The normalized spacial score (nSPS) is 19.6. The Hall–Kier alpha value is -3.27. The molecule has 0 aromatic heterocycles. The number of amides is 2. The Morgan fingerprint density at radius 1 is 1.00 bits per heavy atom. The van der Waals surface area contributed by atoms with Crippen LogP contribution in [-0.4, -0.2) is 73.8 Å². The van der Waals surface area contributed by atoms with Crippen molar-refractivity contribution in [3.8, 4) is 11.5 Å². The summed E-state index contributed by atoms with van der Waals surface area (Å²) in [5, 5.41) is 0. The van der Waals surface area contributed by atoms with Gasteiger partial charge in [0.1, 0.15) is 17.3 Å². The third-order valence-electron chi connectivity index (χ3n) is 7.55. The first-order valence-electron chi connectivity index (χ1n) is 15.8. The summed E-state index contributed by atoms with van der Waals surface area (Å²) in [6.45, 7) is 21.5. The van der Waals surface area contributed by atoms with Gasteiger partial charge in [0.2, 0.25) is 5.91 Å². The third kappa shape index (κ3) is 11.9. The van der Waals surface area contributed by atoms with Crippen LogP contribution in [0, 0.1) is 17.8 Å². The molecule has 1 aliphatic heterocycles. The van der Waals surface area contributed by atoms with Gasteiger partial charge in [-0.2, -0.15) is 0 Å². The van der Waals surface area contributed by atoms with Crippen molar-refractivity contribution in [2.75, 3.05) is 27.4 Å². The van der Waals surface area contributed by atoms with Crippen LogP contribution in [0.25, 0.3) is 0 Å². The first-order valence-corrected chi connectivity index (χ1v) is 15.8. The smallest absolute Gasteiger partial charge is 0.493 e. The Labute approximate surface area is 269 Å². The van der Waals surface area contributed by atoms with Gasteiger partial charge in [0.25, 0.3) is 0 Å². The summed E-state index contributed by atoms with van der Waals surface area (Å²) in [4.78, 5) is 41.7. The maximum atomic E-state index is 13.9. The number of rotatable bonds is 13. The van der Waals surface area contributed by atoms with Crippen LogP contribution in [-0.2, 0) is 30.2 Å². The standard InChI is InChI=1S/C35H55NO9/c1-22(2)25(18-24-14-15-28(41-12)30(19-24)42-17-13-16-40-11)20-27-29(43-33(39)45-35(8,9)10)21-26(23(3)4)31(37)36(27)32(38)44-34(5,6)7/h14-15,19,22,25-27,29H,3,13,16-18,20-21H2,1-2,4-12H3/t25-,26?,27+,29+/m1/s1. The highest BCUT2D eigenvalue weighted by Gasteiger charge is 2.49. The van der Waals surface area contributed by atoms with E-state index >= 15 is 0 Å². The van der Waals surface area contributed by atoms with Crippen molar-refractivity contribution < 1.29 is 42.8 Å². The molecule has 0 saturated carbocycles. The maximum absolute atomic E-state index is 13.9. The largest absolute Gasteiger partial charge is 0.509 e. The molecule has 4 atom stereocenters. The average molecular weight is 634 g/mol. The summed E-state index contributed by atoms with van der Waals surface area (Å²) in [6, 6.07) is 5.04. The van der Waals surface area contributed by atoms with Crippen molar-refractivity contribution in [2.24, 2.45) is 17.8 Å². The molecule has 2 rings (SSSR count). The molecular formula is C35H55NO9. The van der Waals surface area contributed by atoms with Crippen LogP contribution in [0.5, 0.6) is 11.5 Å². The van der Waals surface area contributed by atoms with Crippen LogP contribution in [0.2, 0.25) is 0 Å². The Morgan fingerprint density at radius 3 is 2.18 bits per heavy atom. The monoisotopic (exact) mass is 633 g/mol. The van der Waals surface area contributed by atoms with Gasteiger partial charge < -0.3 is 28.4 Å². The highest BCUT2D eigenvalue weighted by Crippen LogP contribution is 2.37. The van der Waals surface area contributed by atoms with E-state index in [0.29, 0.717) is 43.1 Å². The Morgan fingerprint density at radius 2 is 1.64 bits per heavy atom. The van der Waals surface area contributed by atoms with E-state index in [0.717, 1.165) is 16.9 Å². The molecule has 45 heavy (non-hydrogen) atoms. The van der Waals surface area contributed by atoms with E-state index in [1.165, 1.54) is 0 Å². The Bertz CT molecular complexity index is 1160. The maximum Gasteiger partial charge on any atom is 0.509 e. The molecule has 0 bridgehead atoms. The average Bonchev–Trinajstić information content (AvgIpc) is 2.89. The zero-order valence-electron chi connectivity index (χ0n) is 29.2. The number of imide groups is 1. The predicted octanol–water partition coefficient (Wildman–Crippen LogP) is 7.36. The van der Waals surface area contributed by atoms with Crippen molar-refractivity contribution in [1.82, 2.24) is 4.90 Å². The van der Waals surface area contributed by atoms with Gasteiger partial charge >= 0.3 is 12.2 Å². The molecule has 10 nitrogen and oxygen atoms in total. The van der Waals surface area contributed by atoms with Crippen LogP contribution >= 0.6 is 0 Å². The second kappa shape index (κ2) is 16.3. The number of carbonyl (C=O) groups is 3. The van der Waals surface area contributed by atoms with Crippen LogP contribution in [0.4, 0.5) is 9.59 Å². The predicted molar refractivity (Wildman–Crippen MR) is 173 cm³/mol. The van der Waals surface area contributed by atoms with Gasteiger partial charge in [-0.15, -0.1) is 0 Å². The van der Waals surface area contributed by atoms with E-state index in [-0.39, 0.29) is 18.3 Å². The highest BCUT2D eigenvalue weighted by molar-refractivity contribution is 5.96. The number of likely N-dealkylation sites (tertiary alicyclic amines) is 1. The fourth-order valence-corrected chi connectivity index (χ4v) is 5.27. The SMILES string of the molecule is C=C(C)C1C[C@H](OC(=O)OC(C)(C)C)[C@H](C[C@@H](Cc2ccc(OC)c(OCCCOC)c2)C(C)C)N(C(=O)OC(C)(C)C)C1=O. The second-order valence-electron chi connectivity index (χ2n) is 14.1. The lowest BCUT2D eigenvalue weighted by Gasteiger charge is -2.44. The fourth-order valence-electron chi connectivity index (χ4n) is 5.27. The number of nitrogens with zero attached hydrogens (tertiary/aromatic N) is 1. The molecule has 1 aromatic rings. The second-order valence-corrected chi connectivity index (χ2v) is 14.1. The lowest BCUT2D eigenvalue weighted by atomic mass is 9.78. The molecule has 0 spiro atoms. The molecule has 1 fully saturated rings. The zero-order valence-corrected chi connectivity index (χ0v) is 29.2. The minimum atomic E-state index is -0.858. The van der Waals surface area contributed by atoms with Crippen LogP contribution in [0.3, 0.4) is 0 Å². The Kier molecular flexibility index (Phi) is 13.8. The van der Waals surface area contributed by atoms with Gasteiger partial charge in [-0.05, 0) is 90.8 Å². The van der Waals surface area contributed by atoms with Gasteiger partial charge in [-0.3, -0.25) is 4.79 Å². The third-order valence-corrected chi connectivity index (χ3v) is 7.55. The van der Waals surface area contributed by atoms with Crippen LogP contribution in [0.1, 0.15) is 87.1 Å². The molecule has 0 aliphatic carbocycles. The molecule has 1 aromatic carbocycles. The van der Waals surface area contributed by atoms with E-state index in [1.54, 1.807) is 62.7 Å². The van der Waals surface area contributed by atoms with Gasteiger partial charge in [0.15, 0.2) is 11.5 Å². The van der Waals surface area contributed by atoms with Crippen molar-refractivity contribution in [2.45, 2.75) is 111 Å². The number of hydrogen-bond donors (Lipinski definition) is 0. The number of ether oxygens (including phenoxy) is 6. The van der Waals surface area contributed by atoms with E-state index in [4.69, 9.17) is 28.4 Å². The topological polar surface area (TPSA) is 110 Å². The van der Waals surface area contributed by atoms with Gasteiger partial charge in [-0.25, -0.2) is 14.5 Å². The van der Waals surface area contributed by atoms with Gasteiger partial charge in [0, 0.05) is 26.6 Å². The molecule has 1 aliphatic rings. The summed E-state index contributed by atoms with van der Waals surface area (Å²) in [5.74, 6) is 0.251. The van der Waals surface area contributed by atoms with Crippen molar-refractivity contribution in [3.05, 3.63) is 35.9 Å². The molecule has 0 N–H and O–H groups in total. The fraction of sp³-hybridized carbons (Fsp3) is 0.686. The van der Waals surface area contributed by atoms with Crippen molar-refractivity contribution >= 4 is 18.2 Å². The number of benzene rings is 1. The van der Waals surface area contributed by atoms with Crippen molar-refractivity contribution in [3.63, 3.8) is 0 Å². The molecular weight excluding hydrogens is 578 g/mol. The number of hydrogen-bond acceptors (Lipinski definition) is 9. The summed E-state index contributed by atoms with van der Waals surface area (Å²) >= 11 is 0. The first-order chi connectivity index (χ1) is 20.9. The summed E-state index contributed by atoms with van der Waals surface area (Å²) in [6.07, 6.45) is -0.559. The van der Waals surface area contributed by atoms with Crippen LogP contribution < -0.4 is 9.47 Å². The Balaban J connectivity index is 2.50. The molecule has 2 amide bonds. The number of carbonyl (C=O) groups excluding carboxylic acids is 3. The first kappa shape index (κ1) is 37.9. The van der Waals surface area contributed by atoms with Gasteiger partial charge in [-0.1, -0.05) is 32.1 Å². The summed E-state index contributed by atoms with van der Waals surface area (Å²) in [5.41, 5.74) is -0.0544. The lowest BCUT2D eigenvalue weighted by Crippen LogP contribution is -2.60. The zero-order chi connectivity index (χ0) is 34.1. The molecule has 10 heteroatoms.